The largest absolute Gasteiger partial charge is 0.341 e. The molecule has 0 aliphatic heterocycles. The van der Waals surface area contributed by atoms with Gasteiger partial charge in [-0.25, -0.2) is 4.98 Å². The highest BCUT2D eigenvalue weighted by molar-refractivity contribution is 6.09. The maximum absolute atomic E-state index is 5.16. The van der Waals surface area contributed by atoms with Gasteiger partial charge < -0.3 is 9.13 Å². The number of hydrogen-bond acceptors (Lipinski definition) is 3. The second-order valence-corrected chi connectivity index (χ2v) is 10.1. The first kappa shape index (κ1) is 22.7. The fraction of sp³-hybridized carbons (Fsp3) is 0.182. The SMILES string of the molecule is CCn1c2ccncc2c2cc(-c3cc(C)c(-c4ccc5c(n4)c4cnccc4n5CC)cc3C)ccc21. The Labute approximate surface area is 221 Å². The standard InChI is InChI=1S/C33H29N5/c1-5-37-29-9-7-22(17-25(29)26-18-34-13-11-30(26)37)23-15-21(4)24(16-20(23)3)28-8-10-32-33(36-28)27-19-35-14-12-31(27)38(32)6-2/h7-19H,5-6H2,1-4H3. The number of rotatable bonds is 4. The summed E-state index contributed by atoms with van der Waals surface area (Å²) in [6.07, 6.45) is 7.65. The van der Waals surface area contributed by atoms with Crippen LogP contribution in [-0.2, 0) is 13.1 Å². The fourth-order valence-corrected chi connectivity index (χ4v) is 6.15. The molecule has 5 aromatic heterocycles. The topological polar surface area (TPSA) is 48.5 Å². The molecule has 5 heteroatoms. The van der Waals surface area contributed by atoms with Crippen LogP contribution in [0.1, 0.15) is 25.0 Å². The molecule has 0 amide bonds. The van der Waals surface area contributed by atoms with E-state index in [1.807, 2.05) is 24.8 Å². The molecule has 0 aliphatic rings. The van der Waals surface area contributed by atoms with Gasteiger partial charge in [-0.15, -0.1) is 0 Å². The third-order valence-corrected chi connectivity index (χ3v) is 7.97. The van der Waals surface area contributed by atoms with Gasteiger partial charge in [-0.05, 0) is 92.4 Å². The molecule has 0 atom stereocenters. The molecule has 0 radical (unpaired) electrons. The van der Waals surface area contributed by atoms with Crippen LogP contribution in [0.25, 0.3) is 66.1 Å². The zero-order valence-corrected chi connectivity index (χ0v) is 22.2. The molecule has 0 N–H and O–H groups in total. The summed E-state index contributed by atoms with van der Waals surface area (Å²) in [5.41, 5.74) is 12.9. The lowest BCUT2D eigenvalue weighted by Gasteiger charge is -2.13. The van der Waals surface area contributed by atoms with Gasteiger partial charge in [0.25, 0.3) is 0 Å². The van der Waals surface area contributed by atoms with E-state index in [9.17, 15) is 0 Å². The lowest BCUT2D eigenvalue weighted by molar-refractivity contribution is 0.826. The van der Waals surface area contributed by atoms with Gasteiger partial charge in [0.15, 0.2) is 0 Å². The maximum atomic E-state index is 5.16. The van der Waals surface area contributed by atoms with Crippen molar-refractivity contribution in [2.24, 2.45) is 0 Å². The van der Waals surface area contributed by atoms with E-state index in [1.165, 1.54) is 55.1 Å². The highest BCUT2D eigenvalue weighted by Crippen LogP contribution is 2.36. The van der Waals surface area contributed by atoms with Gasteiger partial charge in [0.05, 0.1) is 27.8 Å². The molecule has 0 unspecified atom stereocenters. The van der Waals surface area contributed by atoms with E-state index in [4.69, 9.17) is 4.98 Å². The Morgan fingerprint density at radius 1 is 0.605 bits per heavy atom. The van der Waals surface area contributed by atoms with Gasteiger partial charge in [0.1, 0.15) is 0 Å². The highest BCUT2D eigenvalue weighted by atomic mass is 15.0. The molecule has 0 spiro atoms. The van der Waals surface area contributed by atoms with Crippen molar-refractivity contribution in [3.8, 4) is 22.4 Å². The zero-order chi connectivity index (χ0) is 26.0. The number of fused-ring (bicyclic) bond motifs is 6. The Bertz CT molecular complexity index is 1880. The summed E-state index contributed by atoms with van der Waals surface area (Å²) in [6.45, 7) is 10.6. The monoisotopic (exact) mass is 495 g/mol. The van der Waals surface area contributed by atoms with Crippen molar-refractivity contribution in [1.82, 2.24) is 24.1 Å². The van der Waals surface area contributed by atoms with Gasteiger partial charge in [0.2, 0.25) is 0 Å². The van der Waals surface area contributed by atoms with Gasteiger partial charge in [-0.2, -0.15) is 0 Å². The molecule has 2 aromatic carbocycles. The first-order valence-corrected chi connectivity index (χ1v) is 13.3. The van der Waals surface area contributed by atoms with Crippen molar-refractivity contribution in [2.75, 3.05) is 0 Å². The number of hydrogen-bond donors (Lipinski definition) is 0. The predicted octanol–water partition coefficient (Wildman–Crippen LogP) is 8.08. The summed E-state index contributed by atoms with van der Waals surface area (Å²) in [5, 5.41) is 3.56. The van der Waals surface area contributed by atoms with Crippen LogP contribution in [0.4, 0.5) is 0 Å². The molecule has 0 saturated heterocycles. The van der Waals surface area contributed by atoms with Gasteiger partial charge in [-0.1, -0.05) is 12.1 Å². The lowest BCUT2D eigenvalue weighted by Crippen LogP contribution is -1.95. The van der Waals surface area contributed by atoms with E-state index >= 15 is 0 Å². The molecular weight excluding hydrogens is 466 g/mol. The third kappa shape index (κ3) is 3.21. The minimum Gasteiger partial charge on any atom is -0.341 e. The summed E-state index contributed by atoms with van der Waals surface area (Å²) in [7, 11) is 0. The molecule has 7 aromatic rings. The highest BCUT2D eigenvalue weighted by Gasteiger charge is 2.16. The Morgan fingerprint density at radius 3 is 1.97 bits per heavy atom. The molecule has 0 aliphatic carbocycles. The van der Waals surface area contributed by atoms with Crippen molar-refractivity contribution in [3.63, 3.8) is 0 Å². The van der Waals surface area contributed by atoms with E-state index in [0.29, 0.717) is 0 Å². The van der Waals surface area contributed by atoms with Crippen molar-refractivity contribution in [3.05, 3.63) is 90.5 Å². The van der Waals surface area contributed by atoms with Crippen LogP contribution in [0, 0.1) is 13.8 Å². The van der Waals surface area contributed by atoms with E-state index in [0.717, 1.165) is 35.2 Å². The Morgan fingerprint density at radius 2 is 1.21 bits per heavy atom. The smallest absolute Gasteiger partial charge is 0.0982 e. The average Bonchev–Trinajstić information content (AvgIpc) is 3.45. The molecular formula is C33H29N5. The van der Waals surface area contributed by atoms with Crippen LogP contribution in [0.15, 0.2) is 79.4 Å². The molecule has 38 heavy (non-hydrogen) atoms. The van der Waals surface area contributed by atoms with E-state index in [1.54, 1.807) is 0 Å². The minimum absolute atomic E-state index is 0.898. The fourth-order valence-electron chi connectivity index (χ4n) is 6.15. The van der Waals surface area contributed by atoms with Crippen LogP contribution in [0.5, 0.6) is 0 Å². The van der Waals surface area contributed by atoms with Gasteiger partial charge in [-0.3, -0.25) is 9.97 Å². The number of pyridine rings is 3. The summed E-state index contributed by atoms with van der Waals surface area (Å²) in [6, 6.07) is 20.0. The molecule has 5 heterocycles. The van der Waals surface area contributed by atoms with Crippen molar-refractivity contribution in [1.29, 1.82) is 0 Å². The van der Waals surface area contributed by atoms with Crippen molar-refractivity contribution >= 4 is 43.7 Å². The minimum atomic E-state index is 0.898. The third-order valence-electron chi connectivity index (χ3n) is 7.97. The first-order valence-electron chi connectivity index (χ1n) is 13.3. The molecule has 7 rings (SSSR count). The summed E-state index contributed by atoms with van der Waals surface area (Å²) in [4.78, 5) is 14.0. The van der Waals surface area contributed by atoms with Crippen molar-refractivity contribution in [2.45, 2.75) is 40.8 Å². The van der Waals surface area contributed by atoms with Crippen LogP contribution in [-0.4, -0.2) is 24.1 Å². The number of aromatic nitrogens is 5. The van der Waals surface area contributed by atoms with E-state index in [-0.39, 0.29) is 0 Å². The lowest BCUT2D eigenvalue weighted by atomic mass is 9.93. The zero-order valence-electron chi connectivity index (χ0n) is 22.2. The second-order valence-electron chi connectivity index (χ2n) is 10.1. The predicted molar refractivity (Wildman–Crippen MR) is 158 cm³/mol. The molecule has 186 valence electrons. The van der Waals surface area contributed by atoms with E-state index < -0.39 is 0 Å². The molecule has 0 saturated carbocycles. The Balaban J connectivity index is 1.37. The van der Waals surface area contributed by atoms with Crippen LogP contribution >= 0.6 is 0 Å². The van der Waals surface area contributed by atoms with Crippen LogP contribution in [0.2, 0.25) is 0 Å². The summed E-state index contributed by atoms with van der Waals surface area (Å²) >= 11 is 0. The quantitative estimate of drug-likeness (QED) is 0.248. The van der Waals surface area contributed by atoms with Crippen LogP contribution in [0.3, 0.4) is 0 Å². The van der Waals surface area contributed by atoms with Gasteiger partial charge >= 0.3 is 0 Å². The molecule has 0 bridgehead atoms. The van der Waals surface area contributed by atoms with Crippen molar-refractivity contribution < 1.29 is 0 Å². The normalized spacial score (nSPS) is 11.9. The van der Waals surface area contributed by atoms with Crippen LogP contribution < -0.4 is 0 Å². The van der Waals surface area contributed by atoms with E-state index in [2.05, 4.69) is 101 Å². The first-order chi connectivity index (χ1) is 18.6. The summed E-state index contributed by atoms with van der Waals surface area (Å²) < 4.78 is 4.68. The number of nitrogens with zero attached hydrogens (tertiary/aromatic N) is 5. The molecule has 0 fully saturated rings. The van der Waals surface area contributed by atoms with Gasteiger partial charge in [0, 0.05) is 65.1 Å². The number of aryl methyl sites for hydroxylation is 4. The second kappa shape index (κ2) is 8.52. The number of benzene rings is 2. The Kier molecular flexibility index (Phi) is 5.08. The molecule has 5 nitrogen and oxygen atoms in total. The average molecular weight is 496 g/mol. The Hall–Kier alpha value is -4.51. The maximum Gasteiger partial charge on any atom is 0.0982 e. The summed E-state index contributed by atoms with van der Waals surface area (Å²) in [5.74, 6) is 0.